The van der Waals surface area contributed by atoms with Crippen LogP contribution in [0.1, 0.15) is 29.2 Å². The van der Waals surface area contributed by atoms with Gasteiger partial charge < -0.3 is 14.6 Å². The van der Waals surface area contributed by atoms with Crippen molar-refractivity contribution < 1.29 is 14.7 Å². The van der Waals surface area contributed by atoms with Crippen LogP contribution in [0.3, 0.4) is 0 Å². The van der Waals surface area contributed by atoms with Crippen LogP contribution in [0.25, 0.3) is 5.76 Å². The first-order chi connectivity index (χ1) is 15.0. The maximum absolute atomic E-state index is 13.0. The average molecular weight is 436 g/mol. The number of halogens is 1. The lowest BCUT2D eigenvalue weighted by Crippen LogP contribution is -2.31. The molecule has 1 unspecified atom stereocenters. The van der Waals surface area contributed by atoms with Gasteiger partial charge in [0.15, 0.2) is 0 Å². The number of rotatable bonds is 6. The molecule has 1 N–H and O–H groups in total. The van der Waals surface area contributed by atoms with Gasteiger partial charge in [-0.1, -0.05) is 53.6 Å². The third-order valence-corrected chi connectivity index (χ3v) is 5.68. The van der Waals surface area contributed by atoms with E-state index in [0.717, 1.165) is 11.1 Å². The highest BCUT2D eigenvalue weighted by Crippen LogP contribution is 2.39. The molecule has 1 aromatic heterocycles. The number of amides is 1. The Bertz CT molecular complexity index is 1120. The lowest BCUT2D eigenvalue weighted by molar-refractivity contribution is -0.139. The molecular weight excluding hydrogens is 414 g/mol. The van der Waals surface area contributed by atoms with Gasteiger partial charge in [-0.15, -0.1) is 0 Å². The Morgan fingerprint density at radius 1 is 1.06 bits per heavy atom. The normalized spacial score (nSPS) is 18.0. The topological polar surface area (TPSA) is 75.4 Å². The minimum absolute atomic E-state index is 0.0961. The number of Topliss-reactive ketones (excluding diaryl/α,β-unsaturated/α-hetero) is 1. The molecule has 6 nitrogen and oxygen atoms in total. The smallest absolute Gasteiger partial charge is 0.295 e. The van der Waals surface area contributed by atoms with Gasteiger partial charge in [0.05, 0.1) is 17.9 Å². The second-order valence-electron chi connectivity index (χ2n) is 7.56. The van der Waals surface area contributed by atoms with Crippen molar-refractivity contribution in [2.45, 2.75) is 25.9 Å². The summed E-state index contributed by atoms with van der Waals surface area (Å²) >= 11 is 6.04. The van der Waals surface area contributed by atoms with Gasteiger partial charge in [-0.25, -0.2) is 4.98 Å². The van der Waals surface area contributed by atoms with E-state index in [2.05, 4.69) is 4.98 Å². The van der Waals surface area contributed by atoms with Crippen LogP contribution < -0.4 is 0 Å². The zero-order chi connectivity index (χ0) is 22.0. The molecule has 0 spiro atoms. The Morgan fingerprint density at radius 3 is 2.42 bits per heavy atom. The van der Waals surface area contributed by atoms with Crippen LogP contribution in [0.2, 0.25) is 5.02 Å². The largest absolute Gasteiger partial charge is 0.507 e. The van der Waals surface area contributed by atoms with Gasteiger partial charge >= 0.3 is 0 Å². The molecule has 1 fully saturated rings. The predicted molar refractivity (Wildman–Crippen MR) is 118 cm³/mol. The van der Waals surface area contributed by atoms with Gasteiger partial charge in [0.2, 0.25) is 0 Å². The number of nitrogens with zero attached hydrogens (tertiary/aromatic N) is 3. The van der Waals surface area contributed by atoms with Gasteiger partial charge in [0.25, 0.3) is 11.7 Å². The Morgan fingerprint density at radius 2 is 1.77 bits per heavy atom. The number of aliphatic hydroxyl groups is 1. The van der Waals surface area contributed by atoms with Crippen molar-refractivity contribution in [1.29, 1.82) is 0 Å². The van der Waals surface area contributed by atoms with Crippen LogP contribution in [0.15, 0.2) is 72.8 Å². The SMILES string of the molecule is Cc1ccc(/C(O)=C2/C(=O)C(=O)N(CCCn3ccnc3)C2c2ccc(Cl)cc2)cc1. The van der Waals surface area contributed by atoms with Gasteiger partial charge in [0, 0.05) is 36.1 Å². The van der Waals surface area contributed by atoms with Crippen molar-refractivity contribution in [3.63, 3.8) is 0 Å². The number of imidazole rings is 1. The third-order valence-electron chi connectivity index (χ3n) is 5.43. The summed E-state index contributed by atoms with van der Waals surface area (Å²) in [6.45, 7) is 2.96. The molecule has 1 saturated heterocycles. The summed E-state index contributed by atoms with van der Waals surface area (Å²) in [5.41, 5.74) is 2.35. The molecule has 0 saturated carbocycles. The zero-order valence-corrected chi connectivity index (χ0v) is 17.8. The molecule has 4 rings (SSSR count). The standard InChI is InChI=1S/C24H22ClN3O3/c1-16-3-5-18(6-4-16)22(29)20-21(17-7-9-19(25)10-8-17)28(24(31)23(20)30)13-2-12-27-14-11-26-15-27/h3-11,14-15,21,29H,2,12-13H2,1H3/b22-20-. The molecule has 1 atom stereocenters. The first-order valence-electron chi connectivity index (χ1n) is 10.0. The Balaban J connectivity index is 1.72. The molecular formula is C24H22ClN3O3. The molecule has 158 valence electrons. The molecule has 31 heavy (non-hydrogen) atoms. The number of hydrogen-bond donors (Lipinski definition) is 1. The number of aromatic nitrogens is 2. The minimum atomic E-state index is -0.680. The second kappa shape index (κ2) is 8.78. The zero-order valence-electron chi connectivity index (χ0n) is 17.0. The van der Waals surface area contributed by atoms with Gasteiger partial charge in [-0.2, -0.15) is 0 Å². The average Bonchev–Trinajstić information content (AvgIpc) is 3.37. The maximum Gasteiger partial charge on any atom is 0.295 e. The summed E-state index contributed by atoms with van der Waals surface area (Å²) < 4.78 is 1.92. The third kappa shape index (κ3) is 4.25. The maximum atomic E-state index is 13.0. The van der Waals surface area contributed by atoms with Crippen molar-refractivity contribution >= 4 is 29.1 Å². The van der Waals surface area contributed by atoms with E-state index in [1.54, 1.807) is 48.9 Å². The molecule has 2 heterocycles. The van der Waals surface area contributed by atoms with E-state index in [0.29, 0.717) is 30.1 Å². The molecule has 1 aliphatic rings. The lowest BCUT2D eigenvalue weighted by Gasteiger charge is -2.25. The second-order valence-corrected chi connectivity index (χ2v) is 8.00. The van der Waals surface area contributed by atoms with Gasteiger partial charge in [-0.05, 0) is 31.0 Å². The van der Waals surface area contributed by atoms with E-state index < -0.39 is 17.7 Å². The fourth-order valence-corrected chi connectivity index (χ4v) is 3.94. The molecule has 1 aliphatic heterocycles. The molecule has 0 bridgehead atoms. The molecule has 2 aromatic carbocycles. The van der Waals surface area contributed by atoms with E-state index in [1.165, 1.54) is 4.90 Å². The Hall–Kier alpha value is -3.38. The molecule has 0 radical (unpaired) electrons. The Labute approximate surface area is 185 Å². The summed E-state index contributed by atoms with van der Waals surface area (Å²) in [6.07, 6.45) is 5.89. The number of aryl methyl sites for hydroxylation is 2. The first kappa shape index (κ1) is 20.9. The first-order valence-corrected chi connectivity index (χ1v) is 10.4. The minimum Gasteiger partial charge on any atom is -0.507 e. The quantitative estimate of drug-likeness (QED) is 0.354. The van der Waals surface area contributed by atoms with Crippen LogP contribution >= 0.6 is 11.6 Å². The summed E-state index contributed by atoms with van der Waals surface area (Å²) in [7, 11) is 0. The fraction of sp³-hybridized carbons (Fsp3) is 0.208. The summed E-state index contributed by atoms with van der Waals surface area (Å²) in [6, 6.07) is 13.5. The number of ketones is 1. The number of carbonyl (C=O) groups excluding carboxylic acids is 2. The van der Waals surface area contributed by atoms with Gasteiger partial charge in [-0.3, -0.25) is 9.59 Å². The Kier molecular flexibility index (Phi) is 5.91. The van der Waals surface area contributed by atoms with Gasteiger partial charge in [0.1, 0.15) is 5.76 Å². The molecule has 0 aliphatic carbocycles. The molecule has 3 aromatic rings. The lowest BCUT2D eigenvalue weighted by atomic mass is 9.95. The van der Waals surface area contributed by atoms with E-state index in [4.69, 9.17) is 11.6 Å². The van der Waals surface area contributed by atoms with Crippen LogP contribution in [0, 0.1) is 6.92 Å². The van der Waals surface area contributed by atoms with Crippen molar-refractivity contribution in [2.24, 2.45) is 0 Å². The summed E-state index contributed by atoms with van der Waals surface area (Å²) in [5.74, 6) is -1.46. The number of aliphatic hydroxyl groups excluding tert-OH is 1. The number of carbonyl (C=O) groups is 2. The number of likely N-dealkylation sites (tertiary alicyclic amines) is 1. The van der Waals surface area contributed by atoms with E-state index in [-0.39, 0.29) is 11.3 Å². The van der Waals surface area contributed by atoms with E-state index in [1.807, 2.05) is 29.8 Å². The van der Waals surface area contributed by atoms with E-state index in [9.17, 15) is 14.7 Å². The predicted octanol–water partition coefficient (Wildman–Crippen LogP) is 4.36. The highest BCUT2D eigenvalue weighted by Gasteiger charge is 2.45. The molecule has 1 amide bonds. The fourth-order valence-electron chi connectivity index (χ4n) is 3.81. The van der Waals surface area contributed by atoms with Crippen molar-refractivity contribution in [2.75, 3.05) is 6.54 Å². The summed E-state index contributed by atoms with van der Waals surface area (Å²) in [5, 5.41) is 11.6. The van der Waals surface area contributed by atoms with Crippen molar-refractivity contribution in [1.82, 2.24) is 14.5 Å². The van der Waals surface area contributed by atoms with Crippen molar-refractivity contribution in [3.8, 4) is 0 Å². The van der Waals surface area contributed by atoms with Crippen LogP contribution in [-0.2, 0) is 16.1 Å². The summed E-state index contributed by atoms with van der Waals surface area (Å²) in [4.78, 5) is 31.5. The van der Waals surface area contributed by atoms with Crippen LogP contribution in [-0.4, -0.2) is 37.8 Å². The van der Waals surface area contributed by atoms with Crippen LogP contribution in [0.5, 0.6) is 0 Å². The molecule has 7 heteroatoms. The highest BCUT2D eigenvalue weighted by molar-refractivity contribution is 6.46. The highest BCUT2D eigenvalue weighted by atomic mass is 35.5. The number of benzene rings is 2. The van der Waals surface area contributed by atoms with E-state index >= 15 is 0 Å². The van der Waals surface area contributed by atoms with Crippen LogP contribution in [0.4, 0.5) is 0 Å². The van der Waals surface area contributed by atoms with Crippen molar-refractivity contribution in [3.05, 3.63) is 94.5 Å². The number of hydrogen-bond acceptors (Lipinski definition) is 4. The monoisotopic (exact) mass is 435 g/mol.